The van der Waals surface area contributed by atoms with Gasteiger partial charge in [0.15, 0.2) is 28.6 Å². The van der Waals surface area contributed by atoms with Gasteiger partial charge in [0.05, 0.1) is 29.1 Å². The molecule has 4 atom stereocenters. The number of carbonyl (C=O) groups is 4. The van der Waals surface area contributed by atoms with E-state index in [-0.39, 0.29) is 45.8 Å². The first-order valence-corrected chi connectivity index (χ1v) is 15.6. The van der Waals surface area contributed by atoms with Gasteiger partial charge in [0.25, 0.3) is 0 Å². The van der Waals surface area contributed by atoms with E-state index in [0.717, 1.165) is 11.1 Å². The molecule has 1 aromatic heterocycles. The number of aromatic nitrogens is 1. The van der Waals surface area contributed by atoms with Gasteiger partial charge in [-0.25, -0.2) is 4.98 Å². The smallest absolute Gasteiger partial charge is 0.238 e. The lowest BCUT2D eigenvalue weighted by molar-refractivity contribution is -0.123. The number of hydrogen-bond donors (Lipinski definition) is 1. The first kappa shape index (κ1) is 28.4. The summed E-state index contributed by atoms with van der Waals surface area (Å²) in [5, 5.41) is 10.6. The zero-order chi connectivity index (χ0) is 31.9. The summed E-state index contributed by atoms with van der Waals surface area (Å²) in [6.07, 6.45) is 3.68. The first-order chi connectivity index (χ1) is 22.2. The fourth-order valence-corrected chi connectivity index (χ4v) is 7.92. The van der Waals surface area contributed by atoms with Crippen molar-refractivity contribution < 1.29 is 33.4 Å². The Morgan fingerprint density at radius 3 is 2.50 bits per heavy atom. The van der Waals surface area contributed by atoms with Crippen LogP contribution in [0.3, 0.4) is 0 Å². The Kier molecular flexibility index (Phi) is 6.47. The number of methoxy groups -OCH3 is 1. The molecule has 228 valence electrons. The molecule has 1 fully saturated rings. The number of ketones is 2. The molecule has 46 heavy (non-hydrogen) atoms. The molecule has 2 amide bonds. The summed E-state index contributed by atoms with van der Waals surface area (Å²) >= 11 is 3.25. The van der Waals surface area contributed by atoms with Gasteiger partial charge in [0.1, 0.15) is 5.52 Å². The van der Waals surface area contributed by atoms with Gasteiger partial charge in [0, 0.05) is 28.7 Å². The van der Waals surface area contributed by atoms with Crippen molar-refractivity contribution in [2.75, 3.05) is 12.0 Å². The second-order valence-corrected chi connectivity index (χ2v) is 12.7. The predicted molar refractivity (Wildman–Crippen MR) is 171 cm³/mol. The topological polar surface area (TPSA) is 127 Å². The van der Waals surface area contributed by atoms with Gasteiger partial charge in [0.2, 0.25) is 17.7 Å². The highest BCUT2D eigenvalue weighted by Gasteiger charge is 2.56. The fourth-order valence-electron chi connectivity index (χ4n) is 7.48. The predicted octanol–water partition coefficient (Wildman–Crippen LogP) is 6.18. The van der Waals surface area contributed by atoms with Gasteiger partial charge in [-0.15, -0.1) is 0 Å². The number of para-hydroxylation sites is 2. The lowest BCUT2D eigenvalue weighted by Gasteiger charge is -2.42. The molecule has 0 saturated carbocycles. The molecule has 10 heteroatoms. The Morgan fingerprint density at radius 2 is 1.76 bits per heavy atom. The zero-order valence-electron chi connectivity index (χ0n) is 24.4. The molecule has 2 heterocycles. The molecule has 0 spiro atoms. The van der Waals surface area contributed by atoms with E-state index in [1.165, 1.54) is 24.2 Å². The molecule has 0 radical (unpaired) electrons. The molecule has 9 nitrogen and oxygen atoms in total. The Bertz CT molecular complexity index is 2090. The van der Waals surface area contributed by atoms with Crippen LogP contribution in [0.2, 0.25) is 0 Å². The van der Waals surface area contributed by atoms with Crippen molar-refractivity contribution >= 4 is 56.1 Å². The number of benzene rings is 3. The highest BCUT2D eigenvalue weighted by atomic mass is 79.9. The number of phenolic OH excluding ortho intramolecular Hbond substituents is 1. The summed E-state index contributed by atoms with van der Waals surface area (Å²) in [5.41, 5.74) is 4.58. The van der Waals surface area contributed by atoms with Crippen LogP contribution < -0.4 is 9.64 Å². The number of anilines is 1. The number of rotatable bonds is 4. The van der Waals surface area contributed by atoms with E-state index >= 15 is 0 Å². The van der Waals surface area contributed by atoms with Crippen molar-refractivity contribution in [1.82, 2.24) is 4.98 Å². The van der Waals surface area contributed by atoms with E-state index in [4.69, 9.17) is 9.15 Å². The average molecular weight is 678 g/mol. The summed E-state index contributed by atoms with van der Waals surface area (Å²) in [6.45, 7) is 0. The highest BCUT2D eigenvalue weighted by Crippen LogP contribution is 2.56. The number of imide groups is 1. The largest absolute Gasteiger partial charge is 0.504 e. The third-order valence-electron chi connectivity index (χ3n) is 9.53. The lowest BCUT2D eigenvalue weighted by Crippen LogP contribution is -2.39. The second kappa shape index (κ2) is 10.5. The quantitative estimate of drug-likeness (QED) is 0.154. The summed E-state index contributed by atoms with van der Waals surface area (Å²) in [5.74, 6) is -3.18. The molecule has 4 aromatic rings. The van der Waals surface area contributed by atoms with Gasteiger partial charge in [-0.1, -0.05) is 29.8 Å². The summed E-state index contributed by atoms with van der Waals surface area (Å²) in [4.78, 5) is 60.8. The van der Waals surface area contributed by atoms with Crippen molar-refractivity contribution in [3.63, 3.8) is 0 Å². The number of nitrogens with zero attached hydrogens (tertiary/aromatic N) is 2. The molecular formula is C36H25BrN2O7. The number of Topliss-reactive ketones (excluding diaryl/α,β-unsaturated/α-hetero) is 1. The van der Waals surface area contributed by atoms with Crippen LogP contribution in [0.15, 0.2) is 105 Å². The Morgan fingerprint density at radius 1 is 0.978 bits per heavy atom. The number of fused-ring (bicyclic) bond motifs is 4. The molecule has 1 N–H and O–H groups in total. The van der Waals surface area contributed by atoms with Crippen molar-refractivity contribution in [3.05, 3.63) is 106 Å². The maximum Gasteiger partial charge on any atom is 0.238 e. The lowest BCUT2D eigenvalue weighted by atomic mass is 9.59. The number of phenols is 1. The van der Waals surface area contributed by atoms with E-state index in [1.807, 2.05) is 30.3 Å². The fraction of sp³-hybridized carbons (Fsp3) is 0.194. The number of oxazole rings is 1. The van der Waals surface area contributed by atoms with Crippen LogP contribution in [0.5, 0.6) is 11.5 Å². The van der Waals surface area contributed by atoms with Gasteiger partial charge in [-0.2, -0.15) is 0 Å². The Labute approximate surface area is 271 Å². The first-order valence-electron chi connectivity index (χ1n) is 14.8. The van der Waals surface area contributed by atoms with Crippen molar-refractivity contribution in [1.29, 1.82) is 0 Å². The molecule has 3 aromatic carbocycles. The second-order valence-electron chi connectivity index (χ2n) is 11.9. The van der Waals surface area contributed by atoms with Gasteiger partial charge in [-0.05, 0) is 88.8 Å². The average Bonchev–Trinajstić information content (AvgIpc) is 3.61. The van der Waals surface area contributed by atoms with Crippen LogP contribution in [0, 0.1) is 17.8 Å². The third kappa shape index (κ3) is 4.16. The van der Waals surface area contributed by atoms with Crippen LogP contribution in [0.25, 0.3) is 22.6 Å². The Balaban J connectivity index is 1.16. The summed E-state index contributed by atoms with van der Waals surface area (Å²) in [7, 11) is 1.44. The van der Waals surface area contributed by atoms with Crippen LogP contribution in [-0.2, 0) is 19.2 Å². The van der Waals surface area contributed by atoms with Crippen LogP contribution in [0.1, 0.15) is 24.3 Å². The van der Waals surface area contributed by atoms with E-state index in [2.05, 4.69) is 20.9 Å². The maximum absolute atomic E-state index is 14.2. The number of amides is 2. The highest BCUT2D eigenvalue weighted by molar-refractivity contribution is 9.12. The van der Waals surface area contributed by atoms with Gasteiger partial charge in [-0.3, -0.25) is 24.1 Å². The summed E-state index contributed by atoms with van der Waals surface area (Å²) in [6, 6.07) is 19.3. The minimum absolute atomic E-state index is 0.107. The van der Waals surface area contributed by atoms with Gasteiger partial charge < -0.3 is 14.3 Å². The standard InChI is InChI=1S/C36H25BrN2O7/c1-45-29-13-8-18(14-26(29)40)30-20-11-12-21-31(22(20)15-23-32(30)27(41)16-24(37)33(23)42)36(44)39(35(21)43)19-9-6-17(7-10-19)34-38-25-4-2-3-5-28(25)46-34/h2-11,13-14,16,21-22,30-31,40H,12,15H2,1H3/t21-,22+,30-,31-/m0/s1. The molecule has 3 aliphatic carbocycles. The van der Waals surface area contributed by atoms with E-state index < -0.39 is 23.7 Å². The monoisotopic (exact) mass is 676 g/mol. The van der Waals surface area contributed by atoms with E-state index in [1.54, 1.807) is 36.4 Å². The minimum atomic E-state index is -0.722. The third-order valence-corrected chi connectivity index (χ3v) is 10.1. The SMILES string of the molecule is COc1ccc([C@H]2C3=CC[C@@H]4C(=O)N(c5ccc(-c6nc7ccccc7o6)cc5)C(=O)[C@@H]4[C@@H]3CC3=C2C(=O)C=C(Br)C3=O)cc1O. The van der Waals surface area contributed by atoms with E-state index in [9.17, 15) is 24.3 Å². The molecule has 8 rings (SSSR count). The maximum atomic E-state index is 14.2. The summed E-state index contributed by atoms with van der Waals surface area (Å²) < 4.78 is 11.3. The number of aromatic hydroxyl groups is 1. The molecule has 0 unspecified atom stereocenters. The molecule has 4 aliphatic rings. The molecule has 0 bridgehead atoms. The molecule has 1 saturated heterocycles. The number of carbonyl (C=O) groups excluding carboxylic acids is 4. The van der Waals surface area contributed by atoms with Crippen LogP contribution in [-0.4, -0.2) is 40.6 Å². The number of halogens is 1. The molecule has 1 aliphatic heterocycles. The number of hydrogen-bond acceptors (Lipinski definition) is 8. The normalized spacial score (nSPS) is 24.1. The van der Waals surface area contributed by atoms with Crippen molar-refractivity contribution in [2.45, 2.75) is 18.8 Å². The zero-order valence-corrected chi connectivity index (χ0v) is 26.0. The minimum Gasteiger partial charge on any atom is -0.504 e. The van der Waals surface area contributed by atoms with Gasteiger partial charge >= 0.3 is 0 Å². The molecular weight excluding hydrogens is 652 g/mol. The Hall–Kier alpha value is -5.09. The van der Waals surface area contributed by atoms with Crippen molar-refractivity contribution in [2.24, 2.45) is 17.8 Å². The van der Waals surface area contributed by atoms with Crippen LogP contribution >= 0.6 is 15.9 Å². The van der Waals surface area contributed by atoms with Crippen molar-refractivity contribution in [3.8, 4) is 23.0 Å². The number of ether oxygens (including phenoxy) is 1. The number of allylic oxidation sites excluding steroid dienone is 6. The van der Waals surface area contributed by atoms with E-state index in [0.29, 0.717) is 45.9 Å². The van der Waals surface area contributed by atoms with Crippen LogP contribution in [0.4, 0.5) is 5.69 Å².